The maximum absolute atomic E-state index is 15.5. The molecular weight excluding hydrogens is 499 g/mol. The number of carboxylic acids is 1. The molecule has 3 atom stereocenters. The lowest BCUT2D eigenvalue weighted by atomic mass is 9.79. The summed E-state index contributed by atoms with van der Waals surface area (Å²) in [5.41, 5.74) is 1.40. The van der Waals surface area contributed by atoms with Crippen molar-refractivity contribution in [2.45, 2.75) is 51.1 Å². The Morgan fingerprint density at radius 2 is 2.14 bits per heavy atom. The van der Waals surface area contributed by atoms with Gasteiger partial charge < -0.3 is 14.7 Å². The standard InChI is InChI=1S/C28H34ClFN2O3S/c1-35-21-6-9-26-24(17-21)23(12-14-31-26)25(30)8-4-19-13-16-32(18-20(19)5-11-28(33)34)15-2-3-22-7-10-27(29)36-22/h6-7,9-10,12,14,17,19-20,25H,2-5,8,11,13,15-16,18H2,1H3,(H,33,34)/t19?,20?,25-/m0/s1. The molecule has 1 saturated heterocycles. The third kappa shape index (κ3) is 7.17. The van der Waals surface area contributed by atoms with E-state index >= 15 is 4.39 Å². The molecule has 1 aliphatic heterocycles. The summed E-state index contributed by atoms with van der Waals surface area (Å²) < 4.78 is 21.7. The van der Waals surface area contributed by atoms with E-state index in [1.807, 2.05) is 24.3 Å². The molecule has 3 aromatic rings. The predicted molar refractivity (Wildman–Crippen MR) is 144 cm³/mol. The van der Waals surface area contributed by atoms with E-state index in [1.54, 1.807) is 30.7 Å². The zero-order valence-electron chi connectivity index (χ0n) is 20.7. The monoisotopic (exact) mass is 532 g/mol. The Hall–Kier alpha value is -2.22. The average Bonchev–Trinajstić information content (AvgIpc) is 3.30. The number of hydrogen-bond acceptors (Lipinski definition) is 5. The SMILES string of the molecule is COc1ccc2nccc([C@@H](F)CCC3CCN(CCCc4ccc(Cl)s4)CC3CCC(=O)O)c2c1. The maximum atomic E-state index is 15.5. The molecule has 2 unspecified atom stereocenters. The minimum absolute atomic E-state index is 0.163. The average molecular weight is 533 g/mol. The van der Waals surface area contributed by atoms with Crippen molar-refractivity contribution in [2.24, 2.45) is 11.8 Å². The molecule has 1 aliphatic rings. The summed E-state index contributed by atoms with van der Waals surface area (Å²) in [6, 6.07) is 11.3. The first-order valence-corrected chi connectivity index (χ1v) is 13.9. The molecule has 0 bridgehead atoms. The number of thiophene rings is 1. The van der Waals surface area contributed by atoms with E-state index in [0.29, 0.717) is 30.1 Å². The number of methoxy groups -OCH3 is 1. The first-order valence-electron chi connectivity index (χ1n) is 12.7. The van der Waals surface area contributed by atoms with Crippen molar-refractivity contribution < 1.29 is 19.0 Å². The Morgan fingerprint density at radius 1 is 1.28 bits per heavy atom. The maximum Gasteiger partial charge on any atom is 0.303 e. The van der Waals surface area contributed by atoms with Crippen molar-refractivity contribution in [1.29, 1.82) is 0 Å². The molecule has 0 radical (unpaired) electrons. The van der Waals surface area contributed by atoms with Crippen molar-refractivity contribution in [3.63, 3.8) is 0 Å². The summed E-state index contributed by atoms with van der Waals surface area (Å²) in [4.78, 5) is 19.4. The summed E-state index contributed by atoms with van der Waals surface area (Å²) in [6.45, 7) is 2.85. The molecule has 194 valence electrons. The fourth-order valence-electron chi connectivity index (χ4n) is 5.40. The molecule has 36 heavy (non-hydrogen) atoms. The third-order valence-corrected chi connectivity index (χ3v) is 8.63. The van der Waals surface area contributed by atoms with Crippen LogP contribution in [0.3, 0.4) is 0 Å². The van der Waals surface area contributed by atoms with E-state index in [9.17, 15) is 9.90 Å². The van der Waals surface area contributed by atoms with E-state index in [1.165, 1.54) is 4.88 Å². The number of pyridine rings is 1. The summed E-state index contributed by atoms with van der Waals surface area (Å²) in [6.07, 6.45) is 5.58. The lowest BCUT2D eigenvalue weighted by Crippen LogP contribution is -2.41. The molecule has 1 N–H and O–H groups in total. The second-order valence-electron chi connectivity index (χ2n) is 9.68. The highest BCUT2D eigenvalue weighted by atomic mass is 35.5. The van der Waals surface area contributed by atoms with Crippen LogP contribution in [0.4, 0.5) is 4.39 Å². The van der Waals surface area contributed by atoms with Crippen LogP contribution in [0.25, 0.3) is 10.9 Å². The van der Waals surface area contributed by atoms with Crippen LogP contribution in [0, 0.1) is 11.8 Å². The molecule has 3 heterocycles. The van der Waals surface area contributed by atoms with Crippen LogP contribution < -0.4 is 4.74 Å². The van der Waals surface area contributed by atoms with Gasteiger partial charge in [0, 0.05) is 29.4 Å². The van der Waals surface area contributed by atoms with Crippen LogP contribution in [-0.2, 0) is 11.2 Å². The first kappa shape index (κ1) is 26.8. The van der Waals surface area contributed by atoms with Crippen LogP contribution in [0.2, 0.25) is 4.34 Å². The van der Waals surface area contributed by atoms with E-state index < -0.39 is 12.1 Å². The Balaban J connectivity index is 1.35. The minimum Gasteiger partial charge on any atom is -0.497 e. The highest BCUT2D eigenvalue weighted by Crippen LogP contribution is 2.36. The van der Waals surface area contributed by atoms with E-state index in [4.69, 9.17) is 16.3 Å². The number of aliphatic carboxylic acids is 1. The number of piperidine rings is 1. The molecule has 0 spiro atoms. The van der Waals surface area contributed by atoms with Crippen molar-refractivity contribution in [1.82, 2.24) is 9.88 Å². The van der Waals surface area contributed by atoms with Crippen LogP contribution >= 0.6 is 22.9 Å². The van der Waals surface area contributed by atoms with Crippen molar-refractivity contribution in [3.05, 3.63) is 57.4 Å². The van der Waals surface area contributed by atoms with Gasteiger partial charge in [0.05, 0.1) is 17.0 Å². The fourth-order valence-corrected chi connectivity index (χ4v) is 6.53. The predicted octanol–water partition coefficient (Wildman–Crippen LogP) is 7.18. The lowest BCUT2D eigenvalue weighted by Gasteiger charge is -2.39. The normalized spacial score (nSPS) is 19.4. The third-order valence-electron chi connectivity index (χ3n) is 7.34. The smallest absolute Gasteiger partial charge is 0.303 e. The molecule has 1 aromatic carbocycles. The number of ether oxygens (including phenoxy) is 1. The number of rotatable bonds is 12. The van der Waals surface area contributed by atoms with Gasteiger partial charge in [0.1, 0.15) is 11.9 Å². The van der Waals surface area contributed by atoms with Gasteiger partial charge in [-0.2, -0.15) is 0 Å². The number of carboxylic acid groups (broad SMARTS) is 1. The molecule has 0 aliphatic carbocycles. The molecule has 2 aromatic heterocycles. The number of nitrogens with zero attached hydrogens (tertiary/aromatic N) is 2. The number of aromatic nitrogens is 1. The molecule has 0 saturated carbocycles. The number of carbonyl (C=O) groups is 1. The van der Waals surface area contributed by atoms with Gasteiger partial charge in [0.2, 0.25) is 0 Å². The largest absolute Gasteiger partial charge is 0.497 e. The van der Waals surface area contributed by atoms with Gasteiger partial charge in [-0.05, 0) is 105 Å². The van der Waals surface area contributed by atoms with Crippen molar-refractivity contribution in [2.75, 3.05) is 26.7 Å². The van der Waals surface area contributed by atoms with Gasteiger partial charge in [-0.3, -0.25) is 9.78 Å². The van der Waals surface area contributed by atoms with Gasteiger partial charge >= 0.3 is 5.97 Å². The highest BCUT2D eigenvalue weighted by Gasteiger charge is 2.30. The molecule has 0 amide bonds. The number of likely N-dealkylation sites (tertiary alicyclic amines) is 1. The molecule has 5 nitrogen and oxygen atoms in total. The van der Waals surface area contributed by atoms with E-state index in [-0.39, 0.29) is 12.3 Å². The van der Waals surface area contributed by atoms with E-state index in [0.717, 1.165) is 60.6 Å². The Labute approximate surface area is 221 Å². The number of alkyl halides is 1. The van der Waals surface area contributed by atoms with Gasteiger partial charge in [0.15, 0.2) is 0 Å². The van der Waals surface area contributed by atoms with Crippen LogP contribution in [0.1, 0.15) is 55.1 Å². The number of hydrogen-bond donors (Lipinski definition) is 1. The van der Waals surface area contributed by atoms with Gasteiger partial charge in [-0.1, -0.05) is 11.6 Å². The van der Waals surface area contributed by atoms with Crippen LogP contribution in [0.15, 0.2) is 42.6 Å². The zero-order valence-corrected chi connectivity index (χ0v) is 22.2. The molecule has 1 fully saturated rings. The van der Waals surface area contributed by atoms with Crippen LogP contribution in [0.5, 0.6) is 5.75 Å². The Morgan fingerprint density at radius 3 is 2.89 bits per heavy atom. The number of benzene rings is 1. The van der Waals surface area contributed by atoms with Gasteiger partial charge in [-0.15, -0.1) is 11.3 Å². The van der Waals surface area contributed by atoms with Crippen LogP contribution in [-0.4, -0.2) is 47.7 Å². The number of aryl methyl sites for hydroxylation is 1. The van der Waals surface area contributed by atoms with Crippen molar-refractivity contribution >= 4 is 39.8 Å². The first-order chi connectivity index (χ1) is 17.4. The fraction of sp³-hybridized carbons (Fsp3) is 0.500. The summed E-state index contributed by atoms with van der Waals surface area (Å²) >= 11 is 7.67. The van der Waals surface area contributed by atoms with Gasteiger partial charge in [0.25, 0.3) is 0 Å². The van der Waals surface area contributed by atoms with Gasteiger partial charge in [-0.25, -0.2) is 4.39 Å². The summed E-state index contributed by atoms with van der Waals surface area (Å²) in [5, 5.41) is 10.1. The Kier molecular flexibility index (Phi) is 9.57. The van der Waals surface area contributed by atoms with Crippen molar-refractivity contribution in [3.8, 4) is 5.75 Å². The quantitative estimate of drug-likeness (QED) is 0.267. The zero-order chi connectivity index (χ0) is 25.5. The topological polar surface area (TPSA) is 62.7 Å². The summed E-state index contributed by atoms with van der Waals surface area (Å²) in [7, 11) is 1.60. The lowest BCUT2D eigenvalue weighted by molar-refractivity contribution is -0.137. The number of fused-ring (bicyclic) bond motifs is 1. The van der Waals surface area contributed by atoms with E-state index in [2.05, 4.69) is 16.0 Å². The highest BCUT2D eigenvalue weighted by molar-refractivity contribution is 7.16. The molecule has 4 rings (SSSR count). The second kappa shape index (κ2) is 12.8. The molecule has 8 heteroatoms. The summed E-state index contributed by atoms with van der Waals surface area (Å²) in [5.74, 6) is 0.526. The Bertz CT molecular complexity index is 1160. The second-order valence-corrected chi connectivity index (χ2v) is 11.5. The number of halogens is 2. The molecular formula is C28H34ClFN2O3S. The minimum atomic E-state index is -1.10.